The zero-order valence-electron chi connectivity index (χ0n) is 8.24. The van der Waals surface area contributed by atoms with E-state index >= 15 is 0 Å². The van der Waals surface area contributed by atoms with Gasteiger partial charge >= 0.3 is 0 Å². The summed E-state index contributed by atoms with van der Waals surface area (Å²) in [5.41, 5.74) is 7.42. The van der Waals surface area contributed by atoms with Crippen LogP contribution >= 0.6 is 0 Å². The zero-order chi connectivity index (χ0) is 10.8. The van der Waals surface area contributed by atoms with Crippen LogP contribution < -0.4 is 5.73 Å². The Labute approximate surface area is 86.3 Å². The standard InChI is InChI=1S/C10H11FN4/c1-6-2-7(4-8(11)3-6)9(12)10-13-5-14-15-10/h2-5,9H,12H2,1H3,(H,13,14,15). The second-order valence-electron chi connectivity index (χ2n) is 3.41. The maximum atomic E-state index is 13.1. The number of aromatic nitrogens is 3. The van der Waals surface area contributed by atoms with E-state index < -0.39 is 6.04 Å². The Morgan fingerprint density at radius 1 is 1.40 bits per heavy atom. The van der Waals surface area contributed by atoms with E-state index in [-0.39, 0.29) is 5.82 Å². The summed E-state index contributed by atoms with van der Waals surface area (Å²) in [7, 11) is 0. The van der Waals surface area contributed by atoms with E-state index in [1.165, 1.54) is 18.5 Å². The molecule has 1 aromatic heterocycles. The van der Waals surface area contributed by atoms with E-state index in [1.54, 1.807) is 0 Å². The van der Waals surface area contributed by atoms with E-state index in [0.717, 1.165) is 5.56 Å². The van der Waals surface area contributed by atoms with Gasteiger partial charge in [-0.3, -0.25) is 5.10 Å². The van der Waals surface area contributed by atoms with Gasteiger partial charge < -0.3 is 5.73 Å². The fourth-order valence-corrected chi connectivity index (χ4v) is 1.47. The zero-order valence-corrected chi connectivity index (χ0v) is 8.24. The monoisotopic (exact) mass is 206 g/mol. The van der Waals surface area contributed by atoms with Crippen LogP contribution in [0, 0.1) is 12.7 Å². The van der Waals surface area contributed by atoms with Crippen molar-refractivity contribution in [3.8, 4) is 0 Å². The third-order valence-electron chi connectivity index (χ3n) is 2.15. The quantitative estimate of drug-likeness (QED) is 0.778. The second kappa shape index (κ2) is 3.78. The highest BCUT2D eigenvalue weighted by Crippen LogP contribution is 2.18. The third-order valence-corrected chi connectivity index (χ3v) is 2.15. The summed E-state index contributed by atoms with van der Waals surface area (Å²) in [5.74, 6) is 0.236. The summed E-state index contributed by atoms with van der Waals surface area (Å²) < 4.78 is 13.1. The van der Waals surface area contributed by atoms with E-state index in [1.807, 2.05) is 13.0 Å². The Bertz CT molecular complexity index is 432. The smallest absolute Gasteiger partial charge is 0.145 e. The predicted octanol–water partition coefficient (Wildman–Crippen LogP) is 1.30. The maximum absolute atomic E-state index is 13.1. The number of nitrogens with zero attached hydrogens (tertiary/aromatic N) is 2. The minimum absolute atomic E-state index is 0.292. The van der Waals surface area contributed by atoms with Crippen LogP contribution in [-0.4, -0.2) is 15.2 Å². The lowest BCUT2D eigenvalue weighted by Gasteiger charge is -2.09. The van der Waals surface area contributed by atoms with Crippen molar-refractivity contribution < 1.29 is 4.39 Å². The largest absolute Gasteiger partial charge is 0.318 e. The van der Waals surface area contributed by atoms with Gasteiger partial charge in [0.15, 0.2) is 0 Å². The summed E-state index contributed by atoms with van der Waals surface area (Å²) in [6.45, 7) is 1.82. The molecule has 5 heteroatoms. The van der Waals surface area contributed by atoms with Gasteiger partial charge in [0.25, 0.3) is 0 Å². The van der Waals surface area contributed by atoms with Crippen molar-refractivity contribution in [2.24, 2.45) is 5.73 Å². The average Bonchev–Trinajstić information content (AvgIpc) is 2.67. The molecule has 0 amide bonds. The Morgan fingerprint density at radius 2 is 2.20 bits per heavy atom. The van der Waals surface area contributed by atoms with Gasteiger partial charge in [0.05, 0.1) is 6.04 Å². The molecule has 15 heavy (non-hydrogen) atoms. The fraction of sp³-hybridized carbons (Fsp3) is 0.200. The summed E-state index contributed by atoms with van der Waals surface area (Å²) >= 11 is 0. The highest BCUT2D eigenvalue weighted by atomic mass is 19.1. The highest BCUT2D eigenvalue weighted by molar-refractivity contribution is 5.29. The van der Waals surface area contributed by atoms with Crippen molar-refractivity contribution in [1.82, 2.24) is 15.2 Å². The van der Waals surface area contributed by atoms with Gasteiger partial charge in [0, 0.05) is 0 Å². The molecule has 0 aliphatic rings. The molecule has 1 unspecified atom stereocenters. The molecule has 1 atom stereocenters. The topological polar surface area (TPSA) is 67.6 Å². The number of aryl methyl sites for hydroxylation is 1. The van der Waals surface area contributed by atoms with Crippen LogP contribution in [-0.2, 0) is 0 Å². The first-order valence-electron chi connectivity index (χ1n) is 4.55. The van der Waals surface area contributed by atoms with Crippen molar-refractivity contribution in [1.29, 1.82) is 0 Å². The first kappa shape index (κ1) is 9.79. The lowest BCUT2D eigenvalue weighted by Crippen LogP contribution is -2.14. The second-order valence-corrected chi connectivity index (χ2v) is 3.41. The molecule has 2 aromatic rings. The normalized spacial score (nSPS) is 12.7. The molecule has 0 radical (unpaired) electrons. The SMILES string of the molecule is Cc1cc(F)cc(C(N)c2ncn[nH]2)c1. The Kier molecular flexibility index (Phi) is 2.47. The average molecular weight is 206 g/mol. The van der Waals surface area contributed by atoms with Crippen LogP contribution in [0.15, 0.2) is 24.5 Å². The van der Waals surface area contributed by atoms with E-state index in [2.05, 4.69) is 15.2 Å². The molecule has 1 heterocycles. The molecule has 0 bridgehead atoms. The van der Waals surface area contributed by atoms with Gasteiger partial charge in [0.2, 0.25) is 0 Å². The van der Waals surface area contributed by atoms with Crippen LogP contribution in [0.2, 0.25) is 0 Å². The van der Waals surface area contributed by atoms with E-state index in [0.29, 0.717) is 11.4 Å². The molecule has 4 nitrogen and oxygen atoms in total. The Morgan fingerprint density at radius 3 is 2.80 bits per heavy atom. The van der Waals surface area contributed by atoms with Crippen molar-refractivity contribution in [2.75, 3.05) is 0 Å². The number of rotatable bonds is 2. The number of benzene rings is 1. The van der Waals surface area contributed by atoms with Crippen molar-refractivity contribution >= 4 is 0 Å². The number of nitrogens with one attached hydrogen (secondary N) is 1. The molecule has 78 valence electrons. The summed E-state index contributed by atoms with van der Waals surface area (Å²) in [6, 6.07) is 4.22. The van der Waals surface area contributed by atoms with Crippen molar-refractivity contribution in [3.63, 3.8) is 0 Å². The molecule has 0 saturated heterocycles. The minimum atomic E-state index is -0.470. The number of hydrogen-bond acceptors (Lipinski definition) is 3. The van der Waals surface area contributed by atoms with Gasteiger partial charge in [0.1, 0.15) is 18.0 Å². The summed E-state index contributed by atoms with van der Waals surface area (Å²) in [4.78, 5) is 3.94. The molecule has 1 aromatic carbocycles. The van der Waals surface area contributed by atoms with Gasteiger partial charge in [-0.15, -0.1) is 0 Å². The van der Waals surface area contributed by atoms with Gasteiger partial charge in [-0.05, 0) is 30.2 Å². The van der Waals surface area contributed by atoms with Gasteiger partial charge in [-0.2, -0.15) is 5.10 Å². The van der Waals surface area contributed by atoms with Crippen LogP contribution in [0.1, 0.15) is 23.0 Å². The summed E-state index contributed by atoms with van der Waals surface area (Å²) in [5, 5.41) is 6.37. The van der Waals surface area contributed by atoms with E-state index in [4.69, 9.17) is 5.73 Å². The van der Waals surface area contributed by atoms with Crippen LogP contribution in [0.5, 0.6) is 0 Å². The van der Waals surface area contributed by atoms with E-state index in [9.17, 15) is 4.39 Å². The maximum Gasteiger partial charge on any atom is 0.145 e. The van der Waals surface area contributed by atoms with Gasteiger partial charge in [-0.25, -0.2) is 9.37 Å². The minimum Gasteiger partial charge on any atom is -0.318 e. The van der Waals surface area contributed by atoms with Crippen LogP contribution in [0.3, 0.4) is 0 Å². The fourth-order valence-electron chi connectivity index (χ4n) is 1.47. The lowest BCUT2D eigenvalue weighted by molar-refractivity contribution is 0.621. The Balaban J connectivity index is 2.37. The predicted molar refractivity (Wildman–Crippen MR) is 53.6 cm³/mol. The number of nitrogens with two attached hydrogens (primary N) is 1. The molecule has 0 aliphatic heterocycles. The Hall–Kier alpha value is -1.75. The molecule has 0 aliphatic carbocycles. The number of hydrogen-bond donors (Lipinski definition) is 2. The molecular weight excluding hydrogens is 195 g/mol. The van der Waals surface area contributed by atoms with Crippen LogP contribution in [0.25, 0.3) is 0 Å². The number of H-pyrrole nitrogens is 1. The van der Waals surface area contributed by atoms with Crippen LogP contribution in [0.4, 0.5) is 4.39 Å². The number of halogens is 1. The highest BCUT2D eigenvalue weighted by Gasteiger charge is 2.12. The molecule has 3 N–H and O–H groups in total. The molecular formula is C10H11FN4. The first-order chi connectivity index (χ1) is 7.16. The first-order valence-corrected chi connectivity index (χ1v) is 4.55. The number of aromatic amines is 1. The summed E-state index contributed by atoms with van der Waals surface area (Å²) in [6.07, 6.45) is 1.38. The van der Waals surface area contributed by atoms with Gasteiger partial charge in [-0.1, -0.05) is 6.07 Å². The molecule has 0 spiro atoms. The lowest BCUT2D eigenvalue weighted by atomic mass is 10.0. The molecule has 0 saturated carbocycles. The third kappa shape index (κ3) is 2.02. The molecule has 0 fully saturated rings. The van der Waals surface area contributed by atoms with Crippen molar-refractivity contribution in [2.45, 2.75) is 13.0 Å². The molecule has 2 rings (SSSR count). The van der Waals surface area contributed by atoms with Crippen molar-refractivity contribution in [3.05, 3.63) is 47.3 Å².